The molecule has 0 bridgehead atoms. The number of hydrogen-bond acceptors (Lipinski definition) is 2. The Hall–Kier alpha value is -1.81. The molecule has 1 amide bonds. The molecule has 0 aromatic heterocycles. The number of aryl methyl sites for hydroxylation is 1. The minimum Gasteiger partial charge on any atom is -0.497 e. The van der Waals surface area contributed by atoms with Crippen LogP contribution in [0.5, 0.6) is 5.75 Å². The number of benzene rings is 2. The van der Waals surface area contributed by atoms with Crippen LogP contribution in [-0.4, -0.2) is 13.0 Å². The van der Waals surface area contributed by atoms with Crippen molar-refractivity contribution in [1.29, 1.82) is 0 Å². The predicted molar refractivity (Wildman–Crippen MR) is 79.8 cm³/mol. The fourth-order valence-corrected chi connectivity index (χ4v) is 2.04. The average Bonchev–Trinajstić information content (AvgIpc) is 2.44. The second-order valence-corrected chi connectivity index (χ2v) is 4.91. The first-order valence-electron chi connectivity index (χ1n) is 5.82. The van der Waals surface area contributed by atoms with Gasteiger partial charge in [-0.15, -0.1) is 0 Å². The van der Waals surface area contributed by atoms with Gasteiger partial charge in [-0.1, -0.05) is 12.1 Å². The molecule has 0 atom stereocenters. The smallest absolute Gasteiger partial charge is 0.255 e. The van der Waals surface area contributed by atoms with Crippen LogP contribution in [0.25, 0.3) is 0 Å². The van der Waals surface area contributed by atoms with E-state index >= 15 is 0 Å². The van der Waals surface area contributed by atoms with Crippen molar-refractivity contribution in [2.45, 2.75) is 6.92 Å². The zero-order chi connectivity index (χ0) is 13.8. The summed E-state index contributed by atoms with van der Waals surface area (Å²) in [5, 5.41) is 2.88. The lowest BCUT2D eigenvalue weighted by molar-refractivity contribution is 0.102. The molecule has 1 N–H and O–H groups in total. The third kappa shape index (κ3) is 3.15. The minimum absolute atomic E-state index is 0.144. The molecule has 4 heteroatoms. The molecule has 0 radical (unpaired) electrons. The van der Waals surface area contributed by atoms with Crippen molar-refractivity contribution in [3.05, 3.63) is 58.1 Å². The van der Waals surface area contributed by atoms with Crippen LogP contribution in [0.2, 0.25) is 0 Å². The van der Waals surface area contributed by atoms with Gasteiger partial charge in [0.25, 0.3) is 5.91 Å². The van der Waals surface area contributed by atoms with Gasteiger partial charge in [0.05, 0.1) is 12.8 Å². The zero-order valence-electron chi connectivity index (χ0n) is 10.7. The van der Waals surface area contributed by atoms with Gasteiger partial charge in [0.1, 0.15) is 5.75 Å². The van der Waals surface area contributed by atoms with Gasteiger partial charge < -0.3 is 10.1 Å². The van der Waals surface area contributed by atoms with Crippen LogP contribution in [0.4, 0.5) is 5.69 Å². The molecule has 0 fully saturated rings. The molecule has 3 nitrogen and oxygen atoms in total. The largest absolute Gasteiger partial charge is 0.497 e. The van der Waals surface area contributed by atoms with Crippen LogP contribution in [-0.2, 0) is 0 Å². The van der Waals surface area contributed by atoms with Crippen LogP contribution in [0.1, 0.15) is 15.9 Å². The van der Waals surface area contributed by atoms with E-state index in [1.54, 1.807) is 31.4 Å². The van der Waals surface area contributed by atoms with Gasteiger partial charge >= 0.3 is 0 Å². The van der Waals surface area contributed by atoms with Crippen LogP contribution in [0.15, 0.2) is 46.9 Å². The Balaban J connectivity index is 2.18. The number of halogens is 1. The lowest BCUT2D eigenvalue weighted by Crippen LogP contribution is -2.12. The number of carbonyl (C=O) groups is 1. The van der Waals surface area contributed by atoms with Crippen molar-refractivity contribution in [3.8, 4) is 5.75 Å². The SMILES string of the molecule is COc1ccc(C(=O)Nc2cccc(C)c2Br)cc1. The summed E-state index contributed by atoms with van der Waals surface area (Å²) in [5.74, 6) is 0.585. The average molecular weight is 320 g/mol. The summed E-state index contributed by atoms with van der Waals surface area (Å²) >= 11 is 3.47. The third-order valence-electron chi connectivity index (χ3n) is 2.79. The molecule has 0 aliphatic heterocycles. The summed E-state index contributed by atoms with van der Waals surface area (Å²) in [6.07, 6.45) is 0. The highest BCUT2D eigenvalue weighted by Crippen LogP contribution is 2.26. The maximum absolute atomic E-state index is 12.1. The van der Waals surface area contributed by atoms with Gasteiger partial charge in [-0.05, 0) is 58.7 Å². The quantitative estimate of drug-likeness (QED) is 0.928. The highest BCUT2D eigenvalue weighted by atomic mass is 79.9. The third-order valence-corrected chi connectivity index (χ3v) is 3.84. The second kappa shape index (κ2) is 5.89. The Kier molecular flexibility index (Phi) is 4.22. The van der Waals surface area contributed by atoms with Crippen molar-refractivity contribution in [1.82, 2.24) is 0 Å². The van der Waals surface area contributed by atoms with Crippen LogP contribution < -0.4 is 10.1 Å². The van der Waals surface area contributed by atoms with Gasteiger partial charge in [0.15, 0.2) is 0 Å². The number of methoxy groups -OCH3 is 1. The summed E-state index contributed by atoms with van der Waals surface area (Å²) in [5.41, 5.74) is 2.43. The first-order valence-corrected chi connectivity index (χ1v) is 6.61. The molecule has 2 aromatic rings. The van der Waals surface area contributed by atoms with Gasteiger partial charge in [-0.3, -0.25) is 4.79 Å². The highest BCUT2D eigenvalue weighted by molar-refractivity contribution is 9.10. The summed E-state index contributed by atoms with van der Waals surface area (Å²) in [7, 11) is 1.60. The number of rotatable bonds is 3. The number of hydrogen-bond donors (Lipinski definition) is 1. The van der Waals surface area contributed by atoms with Crippen molar-refractivity contribution >= 4 is 27.5 Å². The van der Waals surface area contributed by atoms with Crippen LogP contribution >= 0.6 is 15.9 Å². The fraction of sp³-hybridized carbons (Fsp3) is 0.133. The Labute approximate surface area is 120 Å². The summed E-state index contributed by atoms with van der Waals surface area (Å²) in [6.45, 7) is 1.98. The number of amides is 1. The number of anilines is 1. The minimum atomic E-state index is -0.144. The zero-order valence-corrected chi connectivity index (χ0v) is 12.3. The van der Waals surface area contributed by atoms with E-state index in [-0.39, 0.29) is 5.91 Å². The Morgan fingerprint density at radius 3 is 2.47 bits per heavy atom. The van der Waals surface area contributed by atoms with Gasteiger partial charge in [-0.25, -0.2) is 0 Å². The van der Waals surface area contributed by atoms with E-state index in [1.807, 2.05) is 25.1 Å². The Bertz CT molecular complexity index is 594. The van der Waals surface area contributed by atoms with E-state index in [0.717, 1.165) is 21.5 Å². The normalized spacial score (nSPS) is 10.1. The van der Waals surface area contributed by atoms with E-state index in [4.69, 9.17) is 4.74 Å². The molecule has 2 aromatic carbocycles. The molecule has 19 heavy (non-hydrogen) atoms. The molecule has 0 spiro atoms. The molecule has 0 saturated heterocycles. The van der Waals surface area contributed by atoms with Crippen LogP contribution in [0, 0.1) is 6.92 Å². The van der Waals surface area contributed by atoms with E-state index in [1.165, 1.54) is 0 Å². The topological polar surface area (TPSA) is 38.3 Å². The highest BCUT2D eigenvalue weighted by Gasteiger charge is 2.09. The number of carbonyl (C=O) groups excluding carboxylic acids is 1. The second-order valence-electron chi connectivity index (χ2n) is 4.12. The molecular weight excluding hydrogens is 306 g/mol. The number of ether oxygens (including phenoxy) is 1. The van der Waals surface area contributed by atoms with Crippen LogP contribution in [0.3, 0.4) is 0 Å². The van der Waals surface area contributed by atoms with E-state index < -0.39 is 0 Å². The molecule has 0 unspecified atom stereocenters. The lowest BCUT2D eigenvalue weighted by Gasteiger charge is -2.09. The van der Waals surface area contributed by atoms with E-state index in [0.29, 0.717) is 5.56 Å². The molecule has 0 aliphatic rings. The number of nitrogens with one attached hydrogen (secondary N) is 1. The fourth-order valence-electron chi connectivity index (χ4n) is 1.68. The van der Waals surface area contributed by atoms with Crippen molar-refractivity contribution in [2.24, 2.45) is 0 Å². The summed E-state index contributed by atoms with van der Waals surface area (Å²) < 4.78 is 5.96. The van der Waals surface area contributed by atoms with Gasteiger partial charge in [-0.2, -0.15) is 0 Å². The molecule has 0 heterocycles. The van der Waals surface area contributed by atoms with Gasteiger partial charge in [0, 0.05) is 10.0 Å². The monoisotopic (exact) mass is 319 g/mol. The van der Waals surface area contributed by atoms with Crippen molar-refractivity contribution in [2.75, 3.05) is 12.4 Å². The molecular formula is C15H14BrNO2. The Morgan fingerprint density at radius 2 is 1.84 bits per heavy atom. The first-order chi connectivity index (χ1) is 9.11. The molecule has 98 valence electrons. The first kappa shape index (κ1) is 13.6. The summed E-state index contributed by atoms with van der Waals surface area (Å²) in [4.78, 5) is 12.1. The molecule has 2 rings (SSSR count). The molecule has 0 saturated carbocycles. The lowest BCUT2D eigenvalue weighted by atomic mass is 10.2. The van der Waals surface area contributed by atoms with E-state index in [2.05, 4.69) is 21.2 Å². The standard InChI is InChI=1S/C15H14BrNO2/c1-10-4-3-5-13(14(10)16)17-15(18)11-6-8-12(19-2)9-7-11/h3-9H,1-2H3,(H,17,18). The van der Waals surface area contributed by atoms with Crippen molar-refractivity contribution in [3.63, 3.8) is 0 Å². The maximum Gasteiger partial charge on any atom is 0.255 e. The summed E-state index contributed by atoms with van der Waals surface area (Å²) in [6, 6.07) is 12.7. The van der Waals surface area contributed by atoms with Gasteiger partial charge in [0.2, 0.25) is 0 Å². The maximum atomic E-state index is 12.1. The Morgan fingerprint density at radius 1 is 1.16 bits per heavy atom. The predicted octanol–water partition coefficient (Wildman–Crippen LogP) is 4.02. The van der Waals surface area contributed by atoms with E-state index in [9.17, 15) is 4.79 Å². The molecule has 0 aliphatic carbocycles. The van der Waals surface area contributed by atoms with Crippen molar-refractivity contribution < 1.29 is 9.53 Å².